The van der Waals surface area contributed by atoms with Crippen molar-refractivity contribution in [3.05, 3.63) is 24.3 Å². The van der Waals surface area contributed by atoms with Gasteiger partial charge in [-0.3, -0.25) is 14.2 Å². The fourth-order valence-electron chi connectivity index (χ4n) is 8.75. The van der Waals surface area contributed by atoms with Gasteiger partial charge in [0.15, 0.2) is 0 Å². The van der Waals surface area contributed by atoms with E-state index in [0.717, 1.165) is 64.2 Å². The molecule has 0 aliphatic heterocycles. The van der Waals surface area contributed by atoms with Crippen molar-refractivity contribution in [1.29, 1.82) is 0 Å². The van der Waals surface area contributed by atoms with Gasteiger partial charge in [0.05, 0.1) is 33.8 Å². The molecular weight excluding hydrogens is 880 g/mol. The maximum atomic E-state index is 13.5. The molecule has 1 N–H and O–H groups in total. The van der Waals surface area contributed by atoms with Crippen molar-refractivity contribution in [2.45, 2.75) is 303 Å². The van der Waals surface area contributed by atoms with Crippen molar-refractivity contribution in [1.82, 2.24) is 5.32 Å². The Labute approximate surface area is 428 Å². The summed E-state index contributed by atoms with van der Waals surface area (Å²) in [6.45, 7) is 6.86. The van der Waals surface area contributed by atoms with Gasteiger partial charge in [-0.2, -0.15) is 0 Å². The fourth-order valence-corrected chi connectivity index (χ4v) is 9.48. The first-order valence-electron chi connectivity index (χ1n) is 29.6. The number of amides is 1. The summed E-state index contributed by atoms with van der Waals surface area (Å²) in [6, 6.07) is -0.883. The number of esters is 1. The first-order chi connectivity index (χ1) is 33.4. The van der Waals surface area contributed by atoms with Crippen molar-refractivity contribution in [3.8, 4) is 0 Å². The molecule has 0 rings (SSSR count). The molecule has 10 heteroatoms. The lowest BCUT2D eigenvalue weighted by atomic mass is 10.0. The number of rotatable bonds is 54. The molecule has 3 unspecified atom stereocenters. The number of allylic oxidation sites excluding steroid dienone is 3. The van der Waals surface area contributed by atoms with E-state index in [2.05, 4.69) is 38.2 Å². The van der Waals surface area contributed by atoms with E-state index in [1.54, 1.807) is 0 Å². The van der Waals surface area contributed by atoms with Gasteiger partial charge < -0.3 is 28.5 Å². The van der Waals surface area contributed by atoms with Crippen LogP contribution < -0.4 is 10.2 Å². The van der Waals surface area contributed by atoms with Crippen LogP contribution in [0.2, 0.25) is 0 Å². The summed E-state index contributed by atoms with van der Waals surface area (Å²) in [5, 5.41) is 3.03. The SMILES string of the molecule is CCCCCCCC/C=C/CCCCCCCCCC(=O)OC(/C=C/CCCCCCCCCCCC)C(COP(=O)([O-])OCC[N+](C)(C)C)NC(=O)CCCCCCCCCCCCCCCC. The largest absolute Gasteiger partial charge is 0.756 e. The highest BCUT2D eigenvalue weighted by molar-refractivity contribution is 7.45. The number of nitrogens with one attached hydrogen (secondary N) is 1. The van der Waals surface area contributed by atoms with Gasteiger partial charge in [-0.05, 0) is 57.4 Å². The van der Waals surface area contributed by atoms with Crippen LogP contribution in [0.5, 0.6) is 0 Å². The normalized spacial score (nSPS) is 13.9. The standard InChI is InChI=1S/C59H115N2O7P/c1-7-10-13-16-19-22-25-28-30-31-32-34-37-40-43-46-49-52-59(63)68-57(50-47-44-41-38-35-27-24-21-18-15-12-9-3)56(55-67-69(64,65)66-54-53-61(4,5)6)60-58(62)51-48-45-42-39-36-33-29-26-23-20-17-14-11-8-2/h28,30,47,50,56-57H,7-27,29,31-46,48-49,51-55H2,1-6H3,(H-,60,62,64,65)/b30-28+,50-47+. The van der Waals surface area contributed by atoms with Crippen LogP contribution in [0.15, 0.2) is 24.3 Å². The highest BCUT2D eigenvalue weighted by atomic mass is 31.2. The molecule has 1 amide bonds. The minimum Gasteiger partial charge on any atom is -0.756 e. The van der Waals surface area contributed by atoms with Gasteiger partial charge in [-0.1, -0.05) is 244 Å². The quantitative estimate of drug-likeness (QED) is 0.0212. The summed E-state index contributed by atoms with van der Waals surface area (Å²) < 4.78 is 30.3. The van der Waals surface area contributed by atoms with E-state index < -0.39 is 20.0 Å². The lowest BCUT2D eigenvalue weighted by molar-refractivity contribution is -0.870. The summed E-state index contributed by atoms with van der Waals surface area (Å²) in [7, 11) is 1.20. The Morgan fingerprint density at radius 3 is 1.23 bits per heavy atom. The van der Waals surface area contributed by atoms with E-state index in [1.807, 2.05) is 33.3 Å². The molecule has 0 aromatic carbocycles. The van der Waals surface area contributed by atoms with Crippen LogP contribution in [0, 0.1) is 0 Å². The first kappa shape index (κ1) is 67.5. The number of phosphoric acid groups is 1. The molecule has 0 spiro atoms. The molecular formula is C59H115N2O7P. The fraction of sp³-hybridized carbons (Fsp3) is 0.898. The van der Waals surface area contributed by atoms with Gasteiger partial charge in [0.25, 0.3) is 7.82 Å². The highest BCUT2D eigenvalue weighted by Gasteiger charge is 2.27. The van der Waals surface area contributed by atoms with Gasteiger partial charge in [-0.25, -0.2) is 0 Å². The van der Waals surface area contributed by atoms with Gasteiger partial charge >= 0.3 is 5.97 Å². The lowest BCUT2D eigenvalue weighted by Gasteiger charge is -2.30. The predicted molar refractivity (Wildman–Crippen MR) is 293 cm³/mol. The summed E-state index contributed by atoms with van der Waals surface area (Å²) in [4.78, 5) is 39.9. The number of likely N-dealkylation sites (N-methyl/N-ethyl adjacent to an activating group) is 1. The van der Waals surface area contributed by atoms with E-state index in [0.29, 0.717) is 17.4 Å². The monoisotopic (exact) mass is 995 g/mol. The van der Waals surface area contributed by atoms with Crippen molar-refractivity contribution in [3.63, 3.8) is 0 Å². The summed E-state index contributed by atoms with van der Waals surface area (Å²) in [6.07, 6.45) is 57.0. The molecule has 0 aliphatic carbocycles. The molecule has 408 valence electrons. The number of unbranched alkanes of at least 4 members (excludes halogenated alkanes) is 36. The van der Waals surface area contributed by atoms with Crippen molar-refractivity contribution in [2.24, 2.45) is 0 Å². The minimum absolute atomic E-state index is 0.0195. The number of carbonyl (C=O) groups excluding carboxylic acids is 2. The van der Waals surface area contributed by atoms with Crippen LogP contribution in [-0.2, 0) is 27.9 Å². The third-order valence-corrected chi connectivity index (χ3v) is 14.3. The number of quaternary nitrogens is 1. The molecule has 0 saturated heterocycles. The Bertz CT molecular complexity index is 1240. The van der Waals surface area contributed by atoms with E-state index in [-0.39, 0.29) is 31.5 Å². The number of phosphoric ester groups is 1. The van der Waals surface area contributed by atoms with E-state index >= 15 is 0 Å². The molecule has 0 fully saturated rings. The maximum absolute atomic E-state index is 13.5. The van der Waals surface area contributed by atoms with Crippen LogP contribution in [0.25, 0.3) is 0 Å². The lowest BCUT2D eigenvalue weighted by Crippen LogP contribution is -2.47. The number of hydrogen-bond acceptors (Lipinski definition) is 7. The molecule has 0 aliphatic rings. The smallest absolute Gasteiger partial charge is 0.306 e. The zero-order valence-corrected chi connectivity index (χ0v) is 47.4. The molecule has 69 heavy (non-hydrogen) atoms. The van der Waals surface area contributed by atoms with E-state index in [1.165, 1.54) is 193 Å². The van der Waals surface area contributed by atoms with Crippen LogP contribution in [0.4, 0.5) is 0 Å². The second-order valence-corrected chi connectivity index (χ2v) is 22.9. The molecule has 0 bridgehead atoms. The number of nitrogens with zero attached hydrogens (tertiary/aromatic N) is 1. The Balaban J connectivity index is 5.30. The van der Waals surface area contributed by atoms with Gasteiger partial charge in [0.1, 0.15) is 19.3 Å². The average molecular weight is 996 g/mol. The molecule has 9 nitrogen and oxygen atoms in total. The number of ether oxygens (including phenoxy) is 1. The third-order valence-electron chi connectivity index (χ3n) is 13.4. The highest BCUT2D eigenvalue weighted by Crippen LogP contribution is 2.38. The Kier molecular flexibility index (Phi) is 48.9. The Morgan fingerprint density at radius 1 is 0.493 bits per heavy atom. The van der Waals surface area contributed by atoms with Crippen molar-refractivity contribution < 1.29 is 37.3 Å². The van der Waals surface area contributed by atoms with Gasteiger partial charge in [0, 0.05) is 12.8 Å². The van der Waals surface area contributed by atoms with E-state index in [9.17, 15) is 19.0 Å². The molecule has 0 saturated carbocycles. The number of hydrogen-bond donors (Lipinski definition) is 1. The Hall–Kier alpha value is -1.51. The third kappa shape index (κ3) is 51.2. The zero-order chi connectivity index (χ0) is 50.8. The molecule has 0 aromatic rings. The Morgan fingerprint density at radius 2 is 0.841 bits per heavy atom. The van der Waals surface area contributed by atoms with Crippen LogP contribution in [-0.4, -0.2) is 69.4 Å². The minimum atomic E-state index is -4.69. The predicted octanol–water partition coefficient (Wildman–Crippen LogP) is 17.1. The van der Waals surface area contributed by atoms with Crippen LogP contribution in [0.3, 0.4) is 0 Å². The second kappa shape index (κ2) is 50.0. The molecule has 0 radical (unpaired) electrons. The summed E-state index contributed by atoms with van der Waals surface area (Å²) in [5.74, 6) is -0.533. The number of carbonyl (C=O) groups is 2. The molecule has 3 atom stereocenters. The van der Waals surface area contributed by atoms with E-state index in [4.69, 9.17) is 13.8 Å². The van der Waals surface area contributed by atoms with Crippen LogP contribution >= 0.6 is 7.82 Å². The first-order valence-corrected chi connectivity index (χ1v) is 31.1. The summed E-state index contributed by atoms with van der Waals surface area (Å²) in [5.41, 5.74) is 0. The van der Waals surface area contributed by atoms with Crippen molar-refractivity contribution >= 4 is 19.7 Å². The van der Waals surface area contributed by atoms with Crippen molar-refractivity contribution in [2.75, 3.05) is 40.9 Å². The zero-order valence-electron chi connectivity index (χ0n) is 46.5. The molecule has 0 heterocycles. The van der Waals surface area contributed by atoms with Gasteiger partial charge in [-0.15, -0.1) is 0 Å². The topological polar surface area (TPSA) is 114 Å². The van der Waals surface area contributed by atoms with Gasteiger partial charge in [0.2, 0.25) is 5.91 Å². The second-order valence-electron chi connectivity index (χ2n) is 21.5. The summed E-state index contributed by atoms with van der Waals surface area (Å²) >= 11 is 0. The molecule has 0 aromatic heterocycles. The maximum Gasteiger partial charge on any atom is 0.306 e. The van der Waals surface area contributed by atoms with Crippen LogP contribution in [0.1, 0.15) is 290 Å². The average Bonchev–Trinajstić information content (AvgIpc) is 3.31.